The summed E-state index contributed by atoms with van der Waals surface area (Å²) in [5.41, 5.74) is 0. The van der Waals surface area contributed by atoms with E-state index in [0.29, 0.717) is 12.8 Å². The van der Waals surface area contributed by atoms with E-state index in [2.05, 4.69) is 34.4 Å². The van der Waals surface area contributed by atoms with Crippen molar-refractivity contribution in [1.29, 1.82) is 0 Å². The lowest BCUT2D eigenvalue weighted by molar-refractivity contribution is -0.147. The number of rotatable bonds is 34. The molecule has 0 aliphatic rings. The van der Waals surface area contributed by atoms with Gasteiger partial charge in [0.1, 0.15) is 12.2 Å². The van der Waals surface area contributed by atoms with Gasteiger partial charge in [-0.25, -0.2) is 13.9 Å². The SMILES string of the molecule is C=CCOP(=O)(OCCNC(=O)NCCOP(=O)(OCC=C)OC[C@H](COCC[C@@H](C)OC(C)=O)NC(C)=O)OC[C@@H](COCC[C@@H](C)OC(C)=O)NC(C)=O. The molecule has 0 aliphatic heterocycles. The van der Waals surface area contributed by atoms with Crippen LogP contribution in [0.3, 0.4) is 0 Å². The van der Waals surface area contributed by atoms with Crippen LogP contribution in [0, 0.1) is 0 Å². The zero-order valence-corrected chi connectivity index (χ0v) is 34.9. The van der Waals surface area contributed by atoms with Crippen LogP contribution in [0.15, 0.2) is 25.3 Å². The van der Waals surface area contributed by atoms with Crippen LogP contribution in [0.2, 0.25) is 0 Å². The second-order valence-corrected chi connectivity index (χ2v) is 15.2. The lowest BCUT2D eigenvalue weighted by atomic mass is 10.3. The first kappa shape index (κ1) is 52.8. The van der Waals surface area contributed by atoms with E-state index in [4.69, 9.17) is 46.1 Å². The van der Waals surface area contributed by atoms with Crippen molar-refractivity contribution in [3.05, 3.63) is 25.3 Å². The molecule has 0 heterocycles. The molecular formula is C33H60N4O17P2. The second-order valence-electron chi connectivity index (χ2n) is 11.9. The van der Waals surface area contributed by atoms with E-state index >= 15 is 0 Å². The first-order chi connectivity index (χ1) is 26.4. The zero-order chi connectivity index (χ0) is 42.4. The van der Waals surface area contributed by atoms with E-state index in [1.807, 2.05) is 0 Å². The highest BCUT2D eigenvalue weighted by molar-refractivity contribution is 7.48. The molecule has 0 aromatic rings. The molecule has 0 saturated carbocycles. The lowest BCUT2D eigenvalue weighted by Crippen LogP contribution is -2.40. The summed E-state index contributed by atoms with van der Waals surface area (Å²) in [6, 6.07) is -2.15. The number of ether oxygens (including phenoxy) is 4. The van der Waals surface area contributed by atoms with Crippen LogP contribution in [0.1, 0.15) is 54.4 Å². The minimum atomic E-state index is -4.20. The van der Waals surface area contributed by atoms with Gasteiger partial charge >= 0.3 is 33.6 Å². The van der Waals surface area contributed by atoms with E-state index < -0.39 is 57.5 Å². The Morgan fingerprint density at radius 1 is 0.571 bits per heavy atom. The third kappa shape index (κ3) is 30.0. The third-order valence-corrected chi connectivity index (χ3v) is 9.23. The summed E-state index contributed by atoms with van der Waals surface area (Å²) < 4.78 is 79.6. The number of phosphoric ester groups is 2. The van der Waals surface area contributed by atoms with Gasteiger partial charge in [0.25, 0.3) is 0 Å². The molecule has 0 bridgehead atoms. The fraction of sp³-hybridized carbons (Fsp3) is 0.727. The normalized spacial score (nSPS) is 15.4. The van der Waals surface area contributed by atoms with Gasteiger partial charge in [0.05, 0.1) is 78.2 Å². The van der Waals surface area contributed by atoms with Gasteiger partial charge in [-0.05, 0) is 13.8 Å². The van der Waals surface area contributed by atoms with Crippen LogP contribution in [0.25, 0.3) is 0 Å². The van der Waals surface area contributed by atoms with Crippen LogP contribution in [0.4, 0.5) is 4.79 Å². The number of nitrogens with one attached hydrogen (secondary N) is 4. The molecule has 6 atom stereocenters. The van der Waals surface area contributed by atoms with Crippen molar-refractivity contribution in [2.24, 2.45) is 0 Å². The van der Waals surface area contributed by atoms with E-state index in [0.717, 1.165) is 0 Å². The van der Waals surface area contributed by atoms with Gasteiger partial charge in [-0.2, -0.15) is 0 Å². The molecule has 0 spiro atoms. The quantitative estimate of drug-likeness (QED) is 0.0314. The Kier molecular flexibility index (Phi) is 29.1. The Morgan fingerprint density at radius 3 is 1.27 bits per heavy atom. The van der Waals surface area contributed by atoms with Crippen LogP contribution in [-0.4, -0.2) is 133 Å². The molecule has 0 radical (unpaired) electrons. The number of esters is 2. The van der Waals surface area contributed by atoms with Crippen LogP contribution in [-0.2, 0) is 74.4 Å². The average molecular weight is 847 g/mol. The standard InChI is InChI=1S/C33H60N4O17P2/c1-9-15-47-55(43,51-23-31(36-27(5)38)21-45-17-11-25(3)53-29(7)40)49-19-13-34-33(42)35-14-20-50-56(44,48-16-10-2)52-24-32(37-28(6)39)22-46-18-12-26(4)54-30(8)41/h9-10,25-26,31-32H,1-2,11-24H2,3-8H3,(H,36,38)(H,37,39)(H2,34,35,42)/t25-,26-,31-,32+,55?,56?/m1/s1. The van der Waals surface area contributed by atoms with Crippen molar-refractivity contribution in [2.75, 3.05) is 79.2 Å². The molecule has 21 nitrogen and oxygen atoms in total. The number of phosphoric acid groups is 2. The van der Waals surface area contributed by atoms with Crippen molar-refractivity contribution < 1.29 is 79.2 Å². The summed E-state index contributed by atoms with van der Waals surface area (Å²) in [4.78, 5) is 57.9. The molecule has 0 fully saturated rings. The van der Waals surface area contributed by atoms with Gasteiger partial charge in [-0.1, -0.05) is 12.2 Å². The molecular weight excluding hydrogens is 786 g/mol. The highest BCUT2D eigenvalue weighted by Crippen LogP contribution is 2.50. The summed E-state index contributed by atoms with van der Waals surface area (Å²) in [5, 5.41) is 10.2. The number of hydrogen-bond donors (Lipinski definition) is 4. The number of amides is 4. The van der Waals surface area contributed by atoms with Crippen LogP contribution >= 0.6 is 15.6 Å². The van der Waals surface area contributed by atoms with E-state index in [9.17, 15) is 33.1 Å². The van der Waals surface area contributed by atoms with Gasteiger partial charge < -0.3 is 40.2 Å². The van der Waals surface area contributed by atoms with Crippen molar-refractivity contribution in [2.45, 2.75) is 78.7 Å². The van der Waals surface area contributed by atoms with Gasteiger partial charge in [-0.15, -0.1) is 13.2 Å². The van der Waals surface area contributed by atoms with Crippen molar-refractivity contribution >= 4 is 45.4 Å². The summed E-state index contributed by atoms with van der Waals surface area (Å²) in [5.74, 6) is -1.62. The molecule has 0 aromatic heterocycles. The first-order valence-corrected chi connectivity index (χ1v) is 20.7. The maximum Gasteiger partial charge on any atom is 0.475 e. The first-order valence-electron chi connectivity index (χ1n) is 17.8. The Morgan fingerprint density at radius 2 is 0.946 bits per heavy atom. The average Bonchev–Trinajstić information content (AvgIpc) is 3.10. The molecule has 2 unspecified atom stereocenters. The second kappa shape index (κ2) is 30.8. The molecule has 0 saturated heterocycles. The molecule has 0 rings (SSSR count). The predicted molar refractivity (Wildman–Crippen MR) is 201 cm³/mol. The molecule has 4 amide bonds. The summed E-state index contributed by atoms with van der Waals surface area (Å²) >= 11 is 0. The predicted octanol–water partition coefficient (Wildman–Crippen LogP) is 2.70. The smallest absolute Gasteiger partial charge is 0.463 e. The Hall–Kier alpha value is -3.23. The summed E-state index contributed by atoms with van der Waals surface area (Å²) in [6.07, 6.45) is 2.73. The van der Waals surface area contributed by atoms with Gasteiger partial charge in [0.2, 0.25) is 11.8 Å². The van der Waals surface area contributed by atoms with Crippen LogP contribution < -0.4 is 21.3 Å². The molecule has 4 N–H and O–H groups in total. The Labute approximate surface area is 328 Å². The van der Waals surface area contributed by atoms with Crippen molar-refractivity contribution in [1.82, 2.24) is 21.3 Å². The van der Waals surface area contributed by atoms with E-state index in [1.54, 1.807) is 13.8 Å². The fourth-order valence-corrected chi connectivity index (χ4v) is 6.43. The highest BCUT2D eigenvalue weighted by Gasteiger charge is 2.30. The van der Waals surface area contributed by atoms with Crippen molar-refractivity contribution in [3.63, 3.8) is 0 Å². The molecule has 56 heavy (non-hydrogen) atoms. The van der Waals surface area contributed by atoms with Gasteiger partial charge in [0.15, 0.2) is 0 Å². The Balaban J connectivity index is 4.89. The van der Waals surface area contributed by atoms with Crippen molar-refractivity contribution in [3.8, 4) is 0 Å². The lowest BCUT2D eigenvalue weighted by Gasteiger charge is -2.23. The minimum absolute atomic E-state index is 0.0193. The number of carbonyl (C=O) groups is 5. The van der Waals surface area contributed by atoms with E-state index in [-0.39, 0.29) is 91.4 Å². The summed E-state index contributed by atoms with van der Waals surface area (Å²) in [6.45, 7) is 14.1. The molecule has 23 heteroatoms. The third-order valence-electron chi connectivity index (χ3n) is 6.37. The van der Waals surface area contributed by atoms with Crippen LogP contribution in [0.5, 0.6) is 0 Å². The minimum Gasteiger partial charge on any atom is -0.463 e. The maximum absolute atomic E-state index is 13.2. The summed E-state index contributed by atoms with van der Waals surface area (Å²) in [7, 11) is -8.39. The highest BCUT2D eigenvalue weighted by atomic mass is 31.2. The van der Waals surface area contributed by atoms with Gasteiger partial charge in [0, 0.05) is 53.6 Å². The van der Waals surface area contributed by atoms with E-state index in [1.165, 1.54) is 39.8 Å². The Bertz CT molecular complexity index is 1210. The number of hydrogen-bond acceptors (Lipinski definition) is 17. The molecule has 0 aromatic carbocycles. The molecule has 324 valence electrons. The topological polar surface area (TPSA) is 260 Å². The largest absolute Gasteiger partial charge is 0.475 e. The molecule has 0 aliphatic carbocycles. The fourth-order valence-electron chi connectivity index (χ4n) is 4.05. The maximum atomic E-state index is 13.2. The van der Waals surface area contributed by atoms with Gasteiger partial charge in [-0.3, -0.25) is 46.3 Å². The zero-order valence-electron chi connectivity index (χ0n) is 33.1. The number of urea groups is 1. The monoisotopic (exact) mass is 846 g/mol. The number of carbonyl (C=O) groups excluding carboxylic acids is 5.